The van der Waals surface area contributed by atoms with Crippen LogP contribution in [-0.4, -0.2) is 19.1 Å². The summed E-state index contributed by atoms with van der Waals surface area (Å²) in [5, 5.41) is 11.7. The van der Waals surface area contributed by atoms with E-state index in [-0.39, 0.29) is 11.3 Å². The number of nitrogens with one attached hydrogen (secondary N) is 1. The number of alkyl halides is 3. The van der Waals surface area contributed by atoms with E-state index in [1.807, 2.05) is 13.8 Å². The average molecular weight is 497 g/mol. The van der Waals surface area contributed by atoms with Gasteiger partial charge >= 0.3 is 6.18 Å². The Labute approximate surface area is 186 Å². The van der Waals surface area contributed by atoms with E-state index in [9.17, 15) is 23.2 Å². The van der Waals surface area contributed by atoms with Gasteiger partial charge in [0.2, 0.25) is 0 Å². The van der Waals surface area contributed by atoms with Gasteiger partial charge in [0, 0.05) is 5.69 Å². The molecule has 2 rings (SSSR count). The molecule has 0 aliphatic heterocycles. The Bertz CT molecular complexity index is 1010. The van der Waals surface area contributed by atoms with E-state index in [2.05, 4.69) is 21.2 Å². The number of rotatable bonds is 8. The molecule has 0 atom stereocenters. The van der Waals surface area contributed by atoms with Crippen molar-refractivity contribution < 1.29 is 27.4 Å². The second kappa shape index (κ2) is 10.9. The van der Waals surface area contributed by atoms with Gasteiger partial charge in [-0.15, -0.1) is 0 Å². The first-order valence-electron chi connectivity index (χ1n) is 9.39. The van der Waals surface area contributed by atoms with Crippen molar-refractivity contribution in [2.24, 2.45) is 0 Å². The Morgan fingerprint density at radius 2 is 1.97 bits per heavy atom. The van der Waals surface area contributed by atoms with Crippen molar-refractivity contribution in [1.82, 2.24) is 0 Å². The predicted molar refractivity (Wildman–Crippen MR) is 115 cm³/mol. The molecule has 0 radical (unpaired) electrons. The third kappa shape index (κ3) is 6.76. The van der Waals surface area contributed by atoms with E-state index >= 15 is 0 Å². The quantitative estimate of drug-likeness (QED) is 0.348. The highest BCUT2D eigenvalue weighted by Crippen LogP contribution is 2.37. The van der Waals surface area contributed by atoms with E-state index in [1.54, 1.807) is 18.2 Å². The highest BCUT2D eigenvalue weighted by molar-refractivity contribution is 9.10. The van der Waals surface area contributed by atoms with Crippen molar-refractivity contribution in [2.45, 2.75) is 26.4 Å². The number of nitrogens with zero attached hydrogens (tertiary/aromatic N) is 1. The number of hydrogen-bond acceptors (Lipinski definition) is 4. The number of carbonyl (C=O) groups is 1. The lowest BCUT2D eigenvalue weighted by atomic mass is 10.1. The monoisotopic (exact) mass is 496 g/mol. The lowest BCUT2D eigenvalue weighted by molar-refractivity contribution is -0.137. The summed E-state index contributed by atoms with van der Waals surface area (Å²) in [5.41, 5.74) is -0.773. The van der Waals surface area contributed by atoms with Gasteiger partial charge in [0.15, 0.2) is 11.5 Å². The SMILES string of the molecule is CCCOc1c(Br)cc(/C=C(\C#N)C(=O)Nc2cccc(C(F)(F)F)c2)cc1OCC. The molecule has 1 amide bonds. The molecule has 31 heavy (non-hydrogen) atoms. The van der Waals surface area contributed by atoms with Crippen LogP contribution in [0.15, 0.2) is 46.4 Å². The second-order valence-electron chi connectivity index (χ2n) is 6.31. The number of nitriles is 1. The van der Waals surface area contributed by atoms with Crippen LogP contribution in [-0.2, 0) is 11.0 Å². The lowest BCUT2D eigenvalue weighted by Crippen LogP contribution is -2.14. The zero-order valence-electron chi connectivity index (χ0n) is 16.8. The van der Waals surface area contributed by atoms with Crippen LogP contribution >= 0.6 is 15.9 Å². The summed E-state index contributed by atoms with van der Waals surface area (Å²) in [4.78, 5) is 12.5. The maximum atomic E-state index is 12.9. The molecule has 0 unspecified atom stereocenters. The summed E-state index contributed by atoms with van der Waals surface area (Å²) in [7, 11) is 0. The van der Waals surface area contributed by atoms with Gasteiger partial charge in [0.1, 0.15) is 11.6 Å². The van der Waals surface area contributed by atoms with Crippen LogP contribution in [0.5, 0.6) is 11.5 Å². The predicted octanol–water partition coefficient (Wildman–Crippen LogP) is 6.20. The Hall–Kier alpha value is -2.99. The van der Waals surface area contributed by atoms with Gasteiger partial charge in [0.25, 0.3) is 5.91 Å². The minimum atomic E-state index is -4.54. The molecule has 0 saturated carbocycles. The van der Waals surface area contributed by atoms with Gasteiger partial charge < -0.3 is 14.8 Å². The van der Waals surface area contributed by atoms with Gasteiger partial charge in [-0.1, -0.05) is 13.0 Å². The average Bonchev–Trinajstić information content (AvgIpc) is 2.71. The van der Waals surface area contributed by atoms with Crippen LogP contribution in [0.2, 0.25) is 0 Å². The minimum Gasteiger partial charge on any atom is -0.490 e. The van der Waals surface area contributed by atoms with Crippen molar-refractivity contribution in [2.75, 3.05) is 18.5 Å². The Kier molecular flexibility index (Phi) is 8.51. The highest BCUT2D eigenvalue weighted by atomic mass is 79.9. The second-order valence-corrected chi connectivity index (χ2v) is 7.17. The minimum absolute atomic E-state index is 0.0690. The van der Waals surface area contributed by atoms with Crippen LogP contribution in [0.4, 0.5) is 18.9 Å². The number of benzene rings is 2. The van der Waals surface area contributed by atoms with E-state index < -0.39 is 17.6 Å². The molecule has 0 aliphatic rings. The molecule has 0 heterocycles. The molecule has 0 spiro atoms. The lowest BCUT2D eigenvalue weighted by Gasteiger charge is -2.14. The molecule has 164 valence electrons. The van der Waals surface area contributed by atoms with E-state index in [4.69, 9.17) is 9.47 Å². The summed E-state index contributed by atoms with van der Waals surface area (Å²) in [6.45, 7) is 4.64. The summed E-state index contributed by atoms with van der Waals surface area (Å²) >= 11 is 3.40. The van der Waals surface area contributed by atoms with Crippen molar-refractivity contribution in [3.8, 4) is 17.6 Å². The first kappa shape index (κ1) is 24.3. The molecule has 1 N–H and O–H groups in total. The first-order valence-corrected chi connectivity index (χ1v) is 10.2. The number of anilines is 1. The molecule has 0 aromatic heterocycles. The summed E-state index contributed by atoms with van der Waals surface area (Å²) in [5.74, 6) is 0.113. The zero-order chi connectivity index (χ0) is 23.0. The van der Waals surface area contributed by atoms with Crippen molar-refractivity contribution in [3.63, 3.8) is 0 Å². The molecule has 0 fully saturated rings. The third-order valence-electron chi connectivity index (χ3n) is 3.91. The Morgan fingerprint density at radius 3 is 2.58 bits per heavy atom. The zero-order valence-corrected chi connectivity index (χ0v) is 18.4. The van der Waals surface area contributed by atoms with Gasteiger partial charge in [0.05, 0.1) is 23.2 Å². The largest absolute Gasteiger partial charge is 0.490 e. The van der Waals surface area contributed by atoms with Gasteiger partial charge in [-0.25, -0.2) is 0 Å². The molecule has 2 aromatic rings. The molecule has 5 nitrogen and oxygen atoms in total. The topological polar surface area (TPSA) is 71.3 Å². The van der Waals surface area contributed by atoms with Gasteiger partial charge in [-0.05, 0) is 71.2 Å². The molecule has 9 heteroatoms. The third-order valence-corrected chi connectivity index (χ3v) is 4.50. The van der Waals surface area contributed by atoms with E-state index in [0.29, 0.717) is 34.7 Å². The number of amides is 1. The number of carbonyl (C=O) groups excluding carboxylic acids is 1. The highest BCUT2D eigenvalue weighted by Gasteiger charge is 2.30. The van der Waals surface area contributed by atoms with Gasteiger partial charge in [-0.3, -0.25) is 4.79 Å². The molecular formula is C22H20BrF3N2O3. The van der Waals surface area contributed by atoms with Crippen LogP contribution in [0, 0.1) is 11.3 Å². The standard InChI is InChI=1S/C22H20BrF3N2O3/c1-3-8-31-20-18(23)10-14(11-19(20)30-4-2)9-15(13-27)21(29)28-17-7-5-6-16(12-17)22(24,25)26/h5-7,9-12H,3-4,8H2,1-2H3,(H,28,29)/b15-9+. The Balaban J connectivity index is 2.32. The van der Waals surface area contributed by atoms with Crippen molar-refractivity contribution in [1.29, 1.82) is 5.26 Å². The first-order chi connectivity index (χ1) is 14.7. The summed E-state index contributed by atoms with van der Waals surface area (Å²) < 4.78 is 50.5. The van der Waals surface area contributed by atoms with E-state index in [1.165, 1.54) is 18.2 Å². The summed E-state index contributed by atoms with van der Waals surface area (Å²) in [6, 6.07) is 9.23. The maximum Gasteiger partial charge on any atom is 0.416 e. The van der Waals surface area contributed by atoms with Crippen LogP contribution in [0.1, 0.15) is 31.4 Å². The molecular weight excluding hydrogens is 477 g/mol. The summed E-state index contributed by atoms with van der Waals surface area (Å²) in [6.07, 6.45) is -2.42. The fourth-order valence-corrected chi connectivity index (χ4v) is 3.14. The van der Waals surface area contributed by atoms with Gasteiger partial charge in [-0.2, -0.15) is 18.4 Å². The van der Waals surface area contributed by atoms with Crippen molar-refractivity contribution in [3.05, 3.63) is 57.6 Å². The fourth-order valence-electron chi connectivity index (χ4n) is 2.57. The smallest absolute Gasteiger partial charge is 0.416 e. The fraction of sp³-hybridized carbons (Fsp3) is 0.273. The number of halogens is 4. The molecule has 2 aromatic carbocycles. The molecule has 0 bridgehead atoms. The Morgan fingerprint density at radius 1 is 1.23 bits per heavy atom. The maximum absolute atomic E-state index is 12.9. The normalized spacial score (nSPS) is 11.6. The van der Waals surface area contributed by atoms with E-state index in [0.717, 1.165) is 18.6 Å². The number of hydrogen-bond donors (Lipinski definition) is 1. The van der Waals surface area contributed by atoms with Crippen LogP contribution in [0.25, 0.3) is 6.08 Å². The molecule has 0 aliphatic carbocycles. The van der Waals surface area contributed by atoms with Crippen molar-refractivity contribution >= 4 is 33.6 Å². The molecule has 0 saturated heterocycles. The van der Waals surface area contributed by atoms with Crippen LogP contribution in [0.3, 0.4) is 0 Å². The number of ether oxygens (including phenoxy) is 2. The van der Waals surface area contributed by atoms with Crippen LogP contribution < -0.4 is 14.8 Å².